The van der Waals surface area contributed by atoms with Gasteiger partial charge in [0, 0.05) is 31.7 Å². The van der Waals surface area contributed by atoms with E-state index in [4.69, 9.17) is 0 Å². The summed E-state index contributed by atoms with van der Waals surface area (Å²) in [6, 6.07) is 8.46. The lowest BCUT2D eigenvalue weighted by Crippen LogP contribution is -2.58. The molecule has 1 aliphatic rings. The Hall–Kier alpha value is -0.900. The monoisotopic (exact) mass is 290 g/mol. The minimum absolute atomic E-state index is 0.183. The first-order chi connectivity index (χ1) is 9.92. The van der Waals surface area contributed by atoms with Gasteiger partial charge in [-0.15, -0.1) is 0 Å². The van der Waals surface area contributed by atoms with Crippen LogP contribution in [0.15, 0.2) is 24.3 Å². The standard InChI is InChI=1S/C18H30N2O/c1-5-6-15-7-9-16(10-8-15)17(21)13-20-12-11-19(4)18(2,3)14-20/h7-10,17,21H,5-6,11-14H2,1-4H3. The Bertz CT molecular complexity index is 441. The molecule has 1 fully saturated rings. The van der Waals surface area contributed by atoms with Crippen molar-refractivity contribution in [2.75, 3.05) is 33.2 Å². The average molecular weight is 290 g/mol. The van der Waals surface area contributed by atoms with Gasteiger partial charge in [0.25, 0.3) is 0 Å². The maximum absolute atomic E-state index is 10.5. The second kappa shape index (κ2) is 6.91. The molecule has 0 amide bonds. The number of hydrogen-bond donors (Lipinski definition) is 1. The van der Waals surface area contributed by atoms with Crippen molar-refractivity contribution >= 4 is 0 Å². The van der Waals surface area contributed by atoms with Crippen LogP contribution in [0.5, 0.6) is 0 Å². The molecule has 118 valence electrons. The van der Waals surface area contributed by atoms with Crippen LogP contribution in [-0.4, -0.2) is 53.7 Å². The highest BCUT2D eigenvalue weighted by Crippen LogP contribution is 2.22. The molecule has 1 aromatic carbocycles. The maximum Gasteiger partial charge on any atom is 0.0916 e. The normalized spacial score (nSPS) is 21.4. The quantitative estimate of drug-likeness (QED) is 0.903. The number of β-amino-alcohol motifs (C(OH)–C–C–N with tert-alkyl or cyclic N) is 1. The molecule has 3 heteroatoms. The predicted octanol–water partition coefficient (Wildman–Crippen LogP) is 2.70. The molecule has 1 saturated heterocycles. The van der Waals surface area contributed by atoms with Crippen LogP contribution >= 0.6 is 0 Å². The molecular formula is C18H30N2O. The summed E-state index contributed by atoms with van der Waals surface area (Å²) in [5.74, 6) is 0. The number of aliphatic hydroxyl groups is 1. The number of nitrogens with zero attached hydrogens (tertiary/aromatic N) is 2. The number of hydrogen-bond acceptors (Lipinski definition) is 3. The van der Waals surface area contributed by atoms with E-state index in [1.54, 1.807) is 0 Å². The molecule has 0 radical (unpaired) electrons. The van der Waals surface area contributed by atoms with Crippen molar-refractivity contribution in [3.05, 3.63) is 35.4 Å². The van der Waals surface area contributed by atoms with E-state index in [9.17, 15) is 5.11 Å². The highest BCUT2D eigenvalue weighted by molar-refractivity contribution is 5.24. The van der Waals surface area contributed by atoms with Gasteiger partial charge in [-0.1, -0.05) is 37.6 Å². The van der Waals surface area contributed by atoms with E-state index in [-0.39, 0.29) is 11.6 Å². The molecule has 0 aromatic heterocycles. The highest BCUT2D eigenvalue weighted by Gasteiger charge is 2.31. The Morgan fingerprint density at radius 2 is 1.86 bits per heavy atom. The first kappa shape index (κ1) is 16.5. The van der Waals surface area contributed by atoms with Crippen molar-refractivity contribution in [3.8, 4) is 0 Å². The molecule has 0 aliphatic carbocycles. The Morgan fingerprint density at radius 1 is 1.19 bits per heavy atom. The van der Waals surface area contributed by atoms with E-state index in [1.807, 2.05) is 0 Å². The van der Waals surface area contributed by atoms with E-state index in [0.717, 1.165) is 44.6 Å². The van der Waals surface area contributed by atoms with Gasteiger partial charge in [0.1, 0.15) is 0 Å². The van der Waals surface area contributed by atoms with Crippen molar-refractivity contribution in [3.63, 3.8) is 0 Å². The summed E-state index contributed by atoms with van der Waals surface area (Å²) in [5, 5.41) is 10.5. The van der Waals surface area contributed by atoms with Gasteiger partial charge < -0.3 is 5.11 Å². The van der Waals surface area contributed by atoms with Crippen LogP contribution in [-0.2, 0) is 6.42 Å². The predicted molar refractivity (Wildman–Crippen MR) is 88.5 cm³/mol. The number of likely N-dealkylation sites (N-methyl/N-ethyl adjacent to an activating group) is 1. The summed E-state index contributed by atoms with van der Waals surface area (Å²) in [4.78, 5) is 4.78. The summed E-state index contributed by atoms with van der Waals surface area (Å²) in [7, 11) is 2.18. The van der Waals surface area contributed by atoms with Gasteiger partial charge in [-0.05, 0) is 38.4 Å². The minimum atomic E-state index is -0.389. The van der Waals surface area contributed by atoms with Gasteiger partial charge in [0.15, 0.2) is 0 Å². The Kier molecular flexibility index (Phi) is 5.42. The van der Waals surface area contributed by atoms with Crippen molar-refractivity contribution in [2.45, 2.75) is 45.3 Å². The number of aryl methyl sites for hydroxylation is 1. The molecule has 1 atom stereocenters. The highest BCUT2D eigenvalue weighted by atomic mass is 16.3. The van der Waals surface area contributed by atoms with Crippen molar-refractivity contribution in [1.82, 2.24) is 9.80 Å². The number of piperazine rings is 1. The lowest BCUT2D eigenvalue weighted by Gasteiger charge is -2.45. The smallest absolute Gasteiger partial charge is 0.0916 e. The number of aliphatic hydroxyl groups excluding tert-OH is 1. The first-order valence-electron chi connectivity index (χ1n) is 8.13. The van der Waals surface area contributed by atoms with Crippen molar-refractivity contribution < 1.29 is 5.11 Å². The number of rotatable bonds is 5. The SMILES string of the molecule is CCCc1ccc(C(O)CN2CCN(C)C(C)(C)C2)cc1. The van der Waals surface area contributed by atoms with Crippen LogP contribution < -0.4 is 0 Å². The summed E-state index contributed by atoms with van der Waals surface area (Å²) in [6.07, 6.45) is 1.89. The van der Waals surface area contributed by atoms with Crippen LogP contribution in [0.2, 0.25) is 0 Å². The van der Waals surface area contributed by atoms with Crippen molar-refractivity contribution in [2.24, 2.45) is 0 Å². The molecule has 3 nitrogen and oxygen atoms in total. The molecule has 0 saturated carbocycles. The Balaban J connectivity index is 1.93. The third kappa shape index (κ3) is 4.29. The van der Waals surface area contributed by atoms with E-state index < -0.39 is 0 Å². The van der Waals surface area contributed by atoms with Crippen LogP contribution in [0, 0.1) is 0 Å². The first-order valence-corrected chi connectivity index (χ1v) is 8.13. The van der Waals surface area contributed by atoms with Gasteiger partial charge >= 0.3 is 0 Å². The lowest BCUT2D eigenvalue weighted by atomic mass is 9.98. The molecule has 1 unspecified atom stereocenters. The topological polar surface area (TPSA) is 26.7 Å². The zero-order chi connectivity index (χ0) is 15.5. The van der Waals surface area contributed by atoms with E-state index >= 15 is 0 Å². The summed E-state index contributed by atoms with van der Waals surface area (Å²) < 4.78 is 0. The zero-order valence-electron chi connectivity index (χ0n) is 14.0. The lowest BCUT2D eigenvalue weighted by molar-refractivity contribution is 0.0142. The van der Waals surface area contributed by atoms with Crippen LogP contribution in [0.3, 0.4) is 0 Å². The fraction of sp³-hybridized carbons (Fsp3) is 0.667. The summed E-state index contributed by atoms with van der Waals surface area (Å²) in [6.45, 7) is 10.6. The van der Waals surface area contributed by atoms with E-state index in [0.29, 0.717) is 0 Å². The van der Waals surface area contributed by atoms with Crippen molar-refractivity contribution in [1.29, 1.82) is 0 Å². The molecular weight excluding hydrogens is 260 g/mol. The largest absolute Gasteiger partial charge is 0.387 e. The molecule has 2 rings (SSSR count). The zero-order valence-corrected chi connectivity index (χ0v) is 14.0. The summed E-state index contributed by atoms with van der Waals surface area (Å²) >= 11 is 0. The minimum Gasteiger partial charge on any atom is -0.387 e. The molecule has 1 aromatic rings. The van der Waals surface area contributed by atoms with Gasteiger partial charge in [-0.25, -0.2) is 0 Å². The fourth-order valence-corrected chi connectivity index (χ4v) is 3.04. The maximum atomic E-state index is 10.5. The van der Waals surface area contributed by atoms with Gasteiger partial charge in [0.2, 0.25) is 0 Å². The van der Waals surface area contributed by atoms with Crippen LogP contribution in [0.25, 0.3) is 0 Å². The average Bonchev–Trinajstić information content (AvgIpc) is 2.44. The molecule has 1 heterocycles. The Labute approximate surface area is 129 Å². The molecule has 1 aliphatic heterocycles. The van der Waals surface area contributed by atoms with Gasteiger partial charge in [-0.3, -0.25) is 9.80 Å². The summed E-state index contributed by atoms with van der Waals surface area (Å²) in [5.41, 5.74) is 2.57. The van der Waals surface area contributed by atoms with Crippen LogP contribution in [0.1, 0.15) is 44.4 Å². The molecule has 1 N–H and O–H groups in total. The third-order valence-corrected chi connectivity index (χ3v) is 4.73. The molecule has 21 heavy (non-hydrogen) atoms. The van der Waals surface area contributed by atoms with Gasteiger partial charge in [-0.2, -0.15) is 0 Å². The molecule has 0 spiro atoms. The third-order valence-electron chi connectivity index (χ3n) is 4.73. The molecule has 0 bridgehead atoms. The van der Waals surface area contributed by atoms with Gasteiger partial charge in [0.05, 0.1) is 6.10 Å². The fourth-order valence-electron chi connectivity index (χ4n) is 3.04. The second-order valence-electron chi connectivity index (χ2n) is 6.98. The van der Waals surface area contributed by atoms with E-state index in [1.165, 1.54) is 5.56 Å². The number of benzene rings is 1. The Morgan fingerprint density at radius 3 is 2.43 bits per heavy atom. The second-order valence-corrected chi connectivity index (χ2v) is 6.98. The van der Waals surface area contributed by atoms with E-state index in [2.05, 4.69) is 61.9 Å². The van der Waals surface area contributed by atoms with Crippen LogP contribution in [0.4, 0.5) is 0 Å².